The van der Waals surface area contributed by atoms with E-state index in [4.69, 9.17) is 0 Å². The molecule has 0 heterocycles. The molecule has 0 aliphatic heterocycles. The van der Waals surface area contributed by atoms with Crippen molar-refractivity contribution >= 4 is 0 Å². The van der Waals surface area contributed by atoms with Crippen molar-refractivity contribution in [3.05, 3.63) is 61.2 Å². The first-order valence-electron chi connectivity index (χ1n) is 6.15. The van der Waals surface area contributed by atoms with Crippen molar-refractivity contribution < 1.29 is 0 Å². The molecule has 0 heteroatoms. The Hall–Kier alpha value is -1.30. The molecule has 1 aliphatic carbocycles. The van der Waals surface area contributed by atoms with Crippen LogP contribution in [0.1, 0.15) is 30.7 Å². The summed E-state index contributed by atoms with van der Waals surface area (Å²) in [5.41, 5.74) is 1.48. The molecule has 16 heavy (non-hydrogen) atoms. The Labute approximate surface area is 98.7 Å². The molecule has 0 radical (unpaired) electrons. The summed E-state index contributed by atoms with van der Waals surface area (Å²) in [5, 5.41) is 0. The van der Waals surface area contributed by atoms with Gasteiger partial charge in [-0.2, -0.15) is 0 Å². The van der Waals surface area contributed by atoms with E-state index in [1.807, 2.05) is 0 Å². The molecule has 0 unspecified atom stereocenters. The van der Waals surface area contributed by atoms with E-state index in [1.165, 1.54) is 24.8 Å². The summed E-state index contributed by atoms with van der Waals surface area (Å²) in [6, 6.07) is 10.9. The van der Waals surface area contributed by atoms with Crippen LogP contribution in [0, 0.1) is 11.8 Å². The van der Waals surface area contributed by atoms with Gasteiger partial charge in [-0.25, -0.2) is 0 Å². The van der Waals surface area contributed by atoms with Crippen LogP contribution in [0.15, 0.2) is 55.6 Å². The quantitative estimate of drug-likeness (QED) is 0.644. The first-order valence-corrected chi connectivity index (χ1v) is 6.15. The van der Waals surface area contributed by atoms with E-state index in [0.29, 0.717) is 17.8 Å². The molecule has 2 rings (SSSR count). The second-order valence-corrected chi connectivity index (χ2v) is 4.72. The predicted octanol–water partition coefficient (Wildman–Crippen LogP) is 4.56. The molecular formula is C16H20. The van der Waals surface area contributed by atoms with Gasteiger partial charge in [-0.05, 0) is 42.6 Å². The Balaban J connectivity index is 2.10. The highest BCUT2D eigenvalue weighted by molar-refractivity contribution is 5.21. The van der Waals surface area contributed by atoms with Crippen molar-refractivity contribution in [1.29, 1.82) is 0 Å². The molecule has 1 fully saturated rings. The Morgan fingerprint density at radius 3 is 2.25 bits per heavy atom. The lowest BCUT2D eigenvalue weighted by Crippen LogP contribution is -2.20. The second-order valence-electron chi connectivity index (χ2n) is 4.72. The van der Waals surface area contributed by atoms with Crippen molar-refractivity contribution in [3.63, 3.8) is 0 Å². The smallest absolute Gasteiger partial charge is 0.0156 e. The first-order chi connectivity index (χ1) is 7.85. The molecule has 3 atom stereocenters. The minimum Gasteiger partial charge on any atom is -0.103 e. The van der Waals surface area contributed by atoms with Crippen LogP contribution in [-0.4, -0.2) is 0 Å². The maximum Gasteiger partial charge on any atom is -0.0156 e. The number of allylic oxidation sites excluding steroid dienone is 2. The topological polar surface area (TPSA) is 0 Å². The van der Waals surface area contributed by atoms with Gasteiger partial charge in [0.05, 0.1) is 0 Å². The first kappa shape index (κ1) is 11.2. The van der Waals surface area contributed by atoms with Gasteiger partial charge in [-0.15, -0.1) is 13.2 Å². The van der Waals surface area contributed by atoms with Crippen LogP contribution in [0.25, 0.3) is 0 Å². The van der Waals surface area contributed by atoms with Gasteiger partial charge in [0.25, 0.3) is 0 Å². The van der Waals surface area contributed by atoms with Crippen molar-refractivity contribution in [3.8, 4) is 0 Å². The third-order valence-electron chi connectivity index (χ3n) is 3.83. The average Bonchev–Trinajstić information content (AvgIpc) is 2.39. The van der Waals surface area contributed by atoms with Crippen LogP contribution in [-0.2, 0) is 0 Å². The third kappa shape index (κ3) is 2.27. The highest BCUT2D eigenvalue weighted by atomic mass is 14.3. The summed E-state index contributed by atoms with van der Waals surface area (Å²) in [4.78, 5) is 0. The predicted molar refractivity (Wildman–Crippen MR) is 70.4 cm³/mol. The molecule has 0 N–H and O–H groups in total. The lowest BCUT2D eigenvalue weighted by Gasteiger charge is -2.33. The van der Waals surface area contributed by atoms with Crippen LogP contribution >= 0.6 is 0 Å². The molecule has 0 bridgehead atoms. The van der Waals surface area contributed by atoms with Crippen molar-refractivity contribution in [1.82, 2.24) is 0 Å². The summed E-state index contributed by atoms with van der Waals surface area (Å²) in [6.45, 7) is 7.90. The Morgan fingerprint density at radius 1 is 0.938 bits per heavy atom. The molecule has 0 amide bonds. The number of hydrogen-bond acceptors (Lipinski definition) is 0. The Kier molecular flexibility index (Phi) is 3.61. The summed E-state index contributed by atoms with van der Waals surface area (Å²) in [5.74, 6) is 1.95. The molecule has 1 aromatic carbocycles. The van der Waals surface area contributed by atoms with Gasteiger partial charge >= 0.3 is 0 Å². The second kappa shape index (κ2) is 5.16. The van der Waals surface area contributed by atoms with Crippen LogP contribution < -0.4 is 0 Å². The monoisotopic (exact) mass is 212 g/mol. The Morgan fingerprint density at radius 2 is 1.62 bits per heavy atom. The van der Waals surface area contributed by atoms with Gasteiger partial charge in [0.1, 0.15) is 0 Å². The lowest BCUT2D eigenvalue weighted by atomic mass is 9.72. The van der Waals surface area contributed by atoms with E-state index in [0.717, 1.165) is 0 Å². The molecule has 1 aromatic rings. The highest BCUT2D eigenvalue weighted by Gasteiger charge is 2.27. The summed E-state index contributed by atoms with van der Waals surface area (Å²) in [6.07, 6.45) is 7.98. The maximum absolute atomic E-state index is 3.96. The molecule has 0 saturated heterocycles. The summed E-state index contributed by atoms with van der Waals surface area (Å²) < 4.78 is 0. The molecule has 84 valence electrons. The number of rotatable bonds is 3. The maximum atomic E-state index is 3.96. The van der Waals surface area contributed by atoms with Crippen molar-refractivity contribution in [2.45, 2.75) is 25.2 Å². The molecule has 1 saturated carbocycles. The molecule has 1 aliphatic rings. The van der Waals surface area contributed by atoms with Crippen molar-refractivity contribution in [2.75, 3.05) is 0 Å². The largest absolute Gasteiger partial charge is 0.103 e. The minimum absolute atomic E-state index is 0.608. The lowest BCUT2D eigenvalue weighted by molar-refractivity contribution is 0.304. The van der Waals surface area contributed by atoms with E-state index in [1.54, 1.807) is 0 Å². The van der Waals surface area contributed by atoms with Crippen molar-refractivity contribution in [2.24, 2.45) is 11.8 Å². The normalized spacial score (nSPS) is 29.6. The fraction of sp³-hybridized carbons (Fsp3) is 0.375. The standard InChI is InChI=1S/C16H20/c1-3-13-10-11-16(12-14(13)4-2)15-8-6-5-7-9-15/h3-9,13-14,16H,1-2,10-12H2/t13-,14+,16-/m1/s1. The Bertz CT molecular complexity index is 350. The van der Waals surface area contributed by atoms with Gasteiger partial charge in [-0.3, -0.25) is 0 Å². The van der Waals surface area contributed by atoms with Crippen LogP contribution in [0.4, 0.5) is 0 Å². The van der Waals surface area contributed by atoms with Crippen LogP contribution in [0.2, 0.25) is 0 Å². The SMILES string of the molecule is C=C[C@@H]1CC[C@@H](c2ccccc2)C[C@@H]1C=C. The summed E-state index contributed by atoms with van der Waals surface area (Å²) >= 11 is 0. The third-order valence-corrected chi connectivity index (χ3v) is 3.83. The zero-order valence-electron chi connectivity index (χ0n) is 9.81. The fourth-order valence-corrected chi connectivity index (χ4v) is 2.82. The zero-order chi connectivity index (χ0) is 11.4. The van der Waals surface area contributed by atoms with Gasteiger partial charge in [0.2, 0.25) is 0 Å². The van der Waals surface area contributed by atoms with E-state index in [2.05, 4.69) is 55.6 Å². The minimum atomic E-state index is 0.608. The van der Waals surface area contributed by atoms with Gasteiger partial charge in [-0.1, -0.05) is 42.5 Å². The van der Waals surface area contributed by atoms with E-state index >= 15 is 0 Å². The number of benzene rings is 1. The molecular weight excluding hydrogens is 192 g/mol. The van der Waals surface area contributed by atoms with Gasteiger partial charge < -0.3 is 0 Å². The molecule has 0 spiro atoms. The van der Waals surface area contributed by atoms with Crippen LogP contribution in [0.5, 0.6) is 0 Å². The van der Waals surface area contributed by atoms with Gasteiger partial charge in [0, 0.05) is 0 Å². The summed E-state index contributed by atoms with van der Waals surface area (Å²) in [7, 11) is 0. The van der Waals surface area contributed by atoms with E-state index in [-0.39, 0.29) is 0 Å². The highest BCUT2D eigenvalue weighted by Crippen LogP contribution is 2.40. The molecule has 0 nitrogen and oxygen atoms in total. The van der Waals surface area contributed by atoms with Gasteiger partial charge in [0.15, 0.2) is 0 Å². The van der Waals surface area contributed by atoms with E-state index < -0.39 is 0 Å². The fourth-order valence-electron chi connectivity index (χ4n) is 2.82. The van der Waals surface area contributed by atoms with Crippen LogP contribution in [0.3, 0.4) is 0 Å². The molecule has 0 aromatic heterocycles. The average molecular weight is 212 g/mol. The number of hydrogen-bond donors (Lipinski definition) is 0. The zero-order valence-corrected chi connectivity index (χ0v) is 9.81. The van der Waals surface area contributed by atoms with E-state index in [9.17, 15) is 0 Å².